The molecule has 4 heteroatoms. The van der Waals surface area contributed by atoms with Gasteiger partial charge in [0.25, 0.3) is 5.91 Å². The highest BCUT2D eigenvalue weighted by Gasteiger charge is 2.23. The van der Waals surface area contributed by atoms with Crippen LogP contribution in [0.3, 0.4) is 0 Å². The van der Waals surface area contributed by atoms with Crippen LogP contribution in [0.15, 0.2) is 54.6 Å². The molecule has 1 fully saturated rings. The van der Waals surface area contributed by atoms with Gasteiger partial charge < -0.3 is 14.5 Å². The number of piperazine rings is 1. The molecule has 0 aliphatic carbocycles. The number of ether oxygens (including phenoxy) is 1. The van der Waals surface area contributed by atoms with Crippen LogP contribution in [0, 0.1) is 6.92 Å². The van der Waals surface area contributed by atoms with Crippen LogP contribution >= 0.6 is 0 Å². The molecule has 2 aromatic carbocycles. The molecule has 1 amide bonds. The second-order valence-corrected chi connectivity index (χ2v) is 6.39. The maximum atomic E-state index is 12.3. The molecule has 3 rings (SSSR count). The fraction of sp³-hybridized carbons (Fsp3) is 0.350. The number of quaternary nitrogens is 1. The molecule has 0 spiro atoms. The Morgan fingerprint density at radius 2 is 1.71 bits per heavy atom. The molecule has 1 aliphatic rings. The van der Waals surface area contributed by atoms with Gasteiger partial charge in [-0.15, -0.1) is 0 Å². The molecule has 0 atom stereocenters. The minimum Gasteiger partial charge on any atom is -0.484 e. The van der Waals surface area contributed by atoms with Crippen molar-refractivity contribution in [3.05, 3.63) is 65.7 Å². The number of nitrogens with one attached hydrogen (secondary N) is 1. The van der Waals surface area contributed by atoms with E-state index < -0.39 is 0 Å². The molecule has 0 radical (unpaired) electrons. The van der Waals surface area contributed by atoms with Gasteiger partial charge in [-0.25, -0.2) is 0 Å². The van der Waals surface area contributed by atoms with Gasteiger partial charge in [0, 0.05) is 5.56 Å². The number of amides is 1. The lowest BCUT2D eigenvalue weighted by Crippen LogP contribution is -3.13. The lowest BCUT2D eigenvalue weighted by molar-refractivity contribution is -0.917. The predicted octanol–water partition coefficient (Wildman–Crippen LogP) is 1.30. The Hall–Kier alpha value is -2.33. The summed E-state index contributed by atoms with van der Waals surface area (Å²) >= 11 is 0. The molecular formula is C20H25N2O2+. The number of benzene rings is 2. The standard InChI is InChI=1S/C20H24N2O2/c1-17-7-9-19(10-8-17)24-16-20(23)22-13-11-21(12-14-22)15-18-5-3-2-4-6-18/h2-10H,11-16H2,1H3/p+1. The van der Waals surface area contributed by atoms with E-state index in [1.54, 1.807) is 0 Å². The van der Waals surface area contributed by atoms with Gasteiger partial charge in [-0.3, -0.25) is 4.79 Å². The topological polar surface area (TPSA) is 34.0 Å². The van der Waals surface area contributed by atoms with Gasteiger partial charge in [-0.05, 0) is 19.1 Å². The summed E-state index contributed by atoms with van der Waals surface area (Å²) in [5, 5.41) is 0. The Balaban J connectivity index is 1.42. The van der Waals surface area contributed by atoms with Crippen LogP contribution in [0.5, 0.6) is 5.75 Å². The van der Waals surface area contributed by atoms with Crippen LogP contribution in [-0.2, 0) is 11.3 Å². The lowest BCUT2D eigenvalue weighted by atomic mass is 10.2. The molecule has 1 aliphatic heterocycles. The fourth-order valence-corrected chi connectivity index (χ4v) is 3.00. The predicted molar refractivity (Wildman–Crippen MR) is 94.1 cm³/mol. The summed E-state index contributed by atoms with van der Waals surface area (Å²) in [5.41, 5.74) is 2.54. The Morgan fingerprint density at radius 1 is 1.04 bits per heavy atom. The average molecular weight is 325 g/mol. The van der Waals surface area contributed by atoms with E-state index in [4.69, 9.17) is 4.74 Å². The summed E-state index contributed by atoms with van der Waals surface area (Å²) in [6, 6.07) is 18.3. The second kappa shape index (κ2) is 7.97. The number of rotatable bonds is 5. The summed E-state index contributed by atoms with van der Waals surface area (Å²) in [4.78, 5) is 15.7. The van der Waals surface area contributed by atoms with E-state index in [0.29, 0.717) is 0 Å². The lowest BCUT2D eigenvalue weighted by Gasteiger charge is -2.32. The Bertz CT molecular complexity index is 647. The number of hydrogen-bond acceptors (Lipinski definition) is 2. The number of hydrogen-bond donors (Lipinski definition) is 1. The molecule has 0 unspecified atom stereocenters. The quantitative estimate of drug-likeness (QED) is 0.899. The molecule has 126 valence electrons. The molecule has 1 N–H and O–H groups in total. The largest absolute Gasteiger partial charge is 0.484 e. The van der Waals surface area contributed by atoms with E-state index >= 15 is 0 Å². The van der Waals surface area contributed by atoms with Crippen molar-refractivity contribution in [3.8, 4) is 5.75 Å². The first-order chi connectivity index (χ1) is 11.7. The fourth-order valence-electron chi connectivity index (χ4n) is 3.00. The smallest absolute Gasteiger partial charge is 0.260 e. The van der Waals surface area contributed by atoms with Crippen LogP contribution < -0.4 is 9.64 Å². The van der Waals surface area contributed by atoms with Crippen molar-refractivity contribution in [2.75, 3.05) is 32.8 Å². The van der Waals surface area contributed by atoms with Gasteiger partial charge >= 0.3 is 0 Å². The van der Waals surface area contributed by atoms with Crippen molar-refractivity contribution in [1.29, 1.82) is 0 Å². The zero-order chi connectivity index (χ0) is 16.8. The third-order valence-electron chi connectivity index (χ3n) is 4.50. The van der Waals surface area contributed by atoms with Crippen molar-refractivity contribution in [2.45, 2.75) is 13.5 Å². The van der Waals surface area contributed by atoms with Gasteiger partial charge in [0.2, 0.25) is 0 Å². The SMILES string of the molecule is Cc1ccc(OCC(=O)N2CC[NH+](Cc3ccccc3)CC2)cc1. The van der Waals surface area contributed by atoms with Crippen LogP contribution in [0.25, 0.3) is 0 Å². The first-order valence-electron chi connectivity index (χ1n) is 8.55. The van der Waals surface area contributed by atoms with Crippen LogP contribution in [-0.4, -0.2) is 43.6 Å². The number of carbonyl (C=O) groups excluding carboxylic acids is 1. The highest BCUT2D eigenvalue weighted by molar-refractivity contribution is 5.77. The molecule has 0 saturated carbocycles. The van der Waals surface area contributed by atoms with E-state index in [9.17, 15) is 4.79 Å². The molecule has 1 heterocycles. The zero-order valence-electron chi connectivity index (χ0n) is 14.2. The molecular weight excluding hydrogens is 300 g/mol. The Kier molecular flexibility index (Phi) is 5.49. The zero-order valence-corrected chi connectivity index (χ0v) is 14.2. The molecule has 24 heavy (non-hydrogen) atoms. The third-order valence-corrected chi connectivity index (χ3v) is 4.50. The monoisotopic (exact) mass is 325 g/mol. The third kappa shape index (κ3) is 4.59. The van der Waals surface area contributed by atoms with Crippen LogP contribution in [0.4, 0.5) is 0 Å². The summed E-state index contributed by atoms with van der Waals surface area (Å²) in [5.74, 6) is 0.830. The Labute approximate surface area is 143 Å². The number of nitrogens with zero attached hydrogens (tertiary/aromatic N) is 1. The molecule has 1 saturated heterocycles. The maximum Gasteiger partial charge on any atom is 0.260 e. The highest BCUT2D eigenvalue weighted by atomic mass is 16.5. The van der Waals surface area contributed by atoms with Crippen LogP contribution in [0.1, 0.15) is 11.1 Å². The minimum atomic E-state index is 0.0781. The minimum absolute atomic E-state index is 0.0781. The average Bonchev–Trinajstić information content (AvgIpc) is 2.62. The van der Waals surface area contributed by atoms with Gasteiger partial charge in [0.1, 0.15) is 12.3 Å². The van der Waals surface area contributed by atoms with E-state index in [1.807, 2.05) is 42.2 Å². The highest BCUT2D eigenvalue weighted by Crippen LogP contribution is 2.11. The summed E-state index contributed by atoms with van der Waals surface area (Å²) in [6.07, 6.45) is 0. The van der Waals surface area contributed by atoms with E-state index in [-0.39, 0.29) is 12.5 Å². The van der Waals surface area contributed by atoms with Crippen molar-refractivity contribution in [2.24, 2.45) is 0 Å². The normalized spacial score (nSPS) is 15.3. The molecule has 0 bridgehead atoms. The van der Waals surface area contributed by atoms with Crippen molar-refractivity contribution in [3.63, 3.8) is 0 Å². The van der Waals surface area contributed by atoms with Crippen molar-refractivity contribution < 1.29 is 14.4 Å². The van der Waals surface area contributed by atoms with Gasteiger partial charge in [-0.1, -0.05) is 48.0 Å². The summed E-state index contributed by atoms with van der Waals surface area (Å²) in [7, 11) is 0. The van der Waals surface area contributed by atoms with Gasteiger partial charge in [-0.2, -0.15) is 0 Å². The molecule has 2 aromatic rings. The maximum absolute atomic E-state index is 12.3. The van der Waals surface area contributed by atoms with E-state index in [2.05, 4.69) is 24.3 Å². The molecule has 0 aromatic heterocycles. The Morgan fingerprint density at radius 3 is 2.38 bits per heavy atom. The second-order valence-electron chi connectivity index (χ2n) is 6.39. The number of carbonyl (C=O) groups is 1. The first-order valence-corrected chi connectivity index (χ1v) is 8.55. The van der Waals surface area contributed by atoms with E-state index in [0.717, 1.165) is 38.5 Å². The molecule has 4 nitrogen and oxygen atoms in total. The van der Waals surface area contributed by atoms with Crippen molar-refractivity contribution >= 4 is 5.91 Å². The summed E-state index contributed by atoms with van der Waals surface area (Å²) < 4.78 is 5.60. The number of aryl methyl sites for hydroxylation is 1. The van der Waals surface area contributed by atoms with Crippen LogP contribution in [0.2, 0.25) is 0 Å². The van der Waals surface area contributed by atoms with Gasteiger partial charge in [0.15, 0.2) is 6.61 Å². The van der Waals surface area contributed by atoms with Crippen molar-refractivity contribution in [1.82, 2.24) is 4.90 Å². The first kappa shape index (κ1) is 16.5. The summed E-state index contributed by atoms with van der Waals surface area (Å²) in [6.45, 7) is 6.78. The van der Waals surface area contributed by atoms with Gasteiger partial charge in [0.05, 0.1) is 26.2 Å². The van der Waals surface area contributed by atoms with E-state index in [1.165, 1.54) is 16.0 Å².